The summed E-state index contributed by atoms with van der Waals surface area (Å²) in [5.74, 6) is 0.601. The number of ether oxygens (including phenoxy) is 3. The summed E-state index contributed by atoms with van der Waals surface area (Å²) in [7, 11) is 0. The van der Waals surface area contributed by atoms with Gasteiger partial charge in [0.05, 0.1) is 18.0 Å². The first-order chi connectivity index (χ1) is 20.9. The van der Waals surface area contributed by atoms with E-state index < -0.39 is 24.2 Å². The minimum absolute atomic E-state index is 0.125. The summed E-state index contributed by atoms with van der Waals surface area (Å²) in [5, 5.41) is 14.6. The number of aliphatic hydroxyl groups excluding tert-OH is 1. The summed E-state index contributed by atoms with van der Waals surface area (Å²) in [6.45, 7) is 0.0145. The number of amides is 2. The van der Waals surface area contributed by atoms with Crippen molar-refractivity contribution in [3.8, 4) is 11.5 Å². The number of nitrogens with one attached hydrogen (secondary N) is 2. The van der Waals surface area contributed by atoms with Crippen molar-refractivity contribution in [1.82, 2.24) is 0 Å². The minimum atomic E-state index is -0.983. The molecule has 222 valence electrons. The number of benzene rings is 4. The van der Waals surface area contributed by atoms with Gasteiger partial charge in [0, 0.05) is 16.7 Å². The van der Waals surface area contributed by atoms with Gasteiger partial charge in [-0.3, -0.25) is 10.1 Å². The number of thioether (sulfide) groups is 1. The van der Waals surface area contributed by atoms with Crippen molar-refractivity contribution in [2.45, 2.75) is 17.1 Å². The number of carbonyl (C=O) groups excluding carboxylic acids is 2. The molecule has 10 heteroatoms. The molecule has 0 unspecified atom stereocenters. The Hall–Kier alpha value is -4.93. The molecule has 9 nitrogen and oxygen atoms in total. The Morgan fingerprint density at radius 3 is 2.26 bits per heavy atom. The van der Waals surface area contributed by atoms with Crippen molar-refractivity contribution < 1.29 is 28.9 Å². The smallest absolute Gasteiger partial charge is 0.412 e. The van der Waals surface area contributed by atoms with Crippen molar-refractivity contribution in [3.05, 3.63) is 121 Å². The van der Waals surface area contributed by atoms with Crippen LogP contribution in [0.5, 0.6) is 11.5 Å². The van der Waals surface area contributed by atoms with Crippen LogP contribution in [-0.2, 0) is 9.53 Å². The van der Waals surface area contributed by atoms with Crippen LogP contribution in [0.3, 0.4) is 0 Å². The standard InChI is InChI=1S/C33H33N3O6S/c1-43-27-17-13-24(14-18-27)35-33(39)42-32(23-11-15-25(16-12-23)40-22-21-37)30(41-26-7-3-2-4-8-26)19-20-31(38)36-29-10-6-5-9-28(29)34/h2-20,30,32,37H,21-22,34H2,1H3,(H,35,39)(H,36,38)/b20-19+/t30-,32-/m0/s1. The molecule has 0 aliphatic heterocycles. The Balaban J connectivity index is 1.63. The molecule has 0 spiro atoms. The van der Waals surface area contributed by atoms with Gasteiger partial charge in [-0.2, -0.15) is 0 Å². The molecule has 2 atom stereocenters. The lowest BCUT2D eigenvalue weighted by molar-refractivity contribution is -0.112. The van der Waals surface area contributed by atoms with E-state index in [4.69, 9.17) is 25.1 Å². The zero-order valence-electron chi connectivity index (χ0n) is 23.5. The number of rotatable bonds is 13. The number of nitrogen functional groups attached to an aromatic ring is 1. The average Bonchev–Trinajstić information content (AvgIpc) is 3.03. The molecule has 0 heterocycles. The lowest BCUT2D eigenvalue weighted by Crippen LogP contribution is -2.30. The molecule has 2 amide bonds. The van der Waals surface area contributed by atoms with Gasteiger partial charge < -0.3 is 30.4 Å². The quantitative estimate of drug-likeness (QED) is 0.0801. The predicted octanol–water partition coefficient (Wildman–Crippen LogP) is 6.29. The largest absolute Gasteiger partial charge is 0.491 e. The maximum absolute atomic E-state index is 13.2. The molecular formula is C33H33N3O6S. The van der Waals surface area contributed by atoms with Crippen molar-refractivity contribution in [1.29, 1.82) is 0 Å². The number of aliphatic hydroxyl groups is 1. The monoisotopic (exact) mass is 599 g/mol. The summed E-state index contributed by atoms with van der Waals surface area (Å²) < 4.78 is 17.7. The van der Waals surface area contributed by atoms with Crippen LogP contribution in [0.2, 0.25) is 0 Å². The van der Waals surface area contributed by atoms with Gasteiger partial charge in [-0.05, 0) is 78.6 Å². The molecule has 4 rings (SSSR count). The molecule has 0 aromatic heterocycles. The number of para-hydroxylation sites is 3. The first-order valence-corrected chi connectivity index (χ1v) is 14.7. The van der Waals surface area contributed by atoms with Crippen LogP contribution in [0, 0.1) is 0 Å². The van der Waals surface area contributed by atoms with Crippen LogP contribution < -0.4 is 25.8 Å². The summed E-state index contributed by atoms with van der Waals surface area (Å²) in [4.78, 5) is 27.1. The average molecular weight is 600 g/mol. The van der Waals surface area contributed by atoms with E-state index in [0.717, 1.165) is 4.90 Å². The highest BCUT2D eigenvalue weighted by atomic mass is 32.2. The summed E-state index contributed by atoms with van der Waals surface area (Å²) in [6.07, 6.45) is 2.20. The molecule has 0 bridgehead atoms. The number of anilines is 3. The summed E-state index contributed by atoms with van der Waals surface area (Å²) >= 11 is 1.59. The van der Waals surface area contributed by atoms with Gasteiger partial charge in [-0.1, -0.05) is 42.5 Å². The van der Waals surface area contributed by atoms with E-state index in [1.54, 1.807) is 84.6 Å². The molecule has 0 aliphatic rings. The number of hydrogen-bond donors (Lipinski definition) is 4. The van der Waals surface area contributed by atoms with E-state index in [-0.39, 0.29) is 13.2 Å². The second-order valence-corrected chi connectivity index (χ2v) is 10.0. The molecule has 5 N–H and O–H groups in total. The van der Waals surface area contributed by atoms with Crippen LogP contribution in [-0.4, -0.2) is 42.7 Å². The Bertz CT molecular complexity index is 1500. The third-order valence-electron chi connectivity index (χ3n) is 6.11. The third kappa shape index (κ3) is 9.56. The lowest BCUT2D eigenvalue weighted by Gasteiger charge is -2.26. The third-order valence-corrected chi connectivity index (χ3v) is 6.85. The highest BCUT2D eigenvalue weighted by Crippen LogP contribution is 2.29. The van der Waals surface area contributed by atoms with E-state index in [9.17, 15) is 9.59 Å². The minimum Gasteiger partial charge on any atom is -0.491 e. The Labute approximate surface area is 254 Å². The topological polar surface area (TPSA) is 132 Å². The second kappa shape index (κ2) is 15.9. The van der Waals surface area contributed by atoms with Gasteiger partial charge in [0.25, 0.3) is 0 Å². The number of carbonyl (C=O) groups is 2. The maximum Gasteiger partial charge on any atom is 0.412 e. The van der Waals surface area contributed by atoms with Crippen LogP contribution in [0.15, 0.2) is 120 Å². The van der Waals surface area contributed by atoms with Gasteiger partial charge in [0.2, 0.25) is 5.91 Å². The maximum atomic E-state index is 13.2. The Morgan fingerprint density at radius 1 is 0.884 bits per heavy atom. The fourth-order valence-electron chi connectivity index (χ4n) is 4.00. The molecular weight excluding hydrogens is 566 g/mol. The van der Waals surface area contributed by atoms with Gasteiger partial charge in [-0.25, -0.2) is 4.79 Å². The van der Waals surface area contributed by atoms with E-state index >= 15 is 0 Å². The van der Waals surface area contributed by atoms with Crippen LogP contribution in [0.25, 0.3) is 0 Å². The molecule has 4 aromatic carbocycles. The summed E-state index contributed by atoms with van der Waals surface area (Å²) in [6, 6.07) is 30.2. The van der Waals surface area contributed by atoms with Crippen LogP contribution in [0.4, 0.5) is 21.9 Å². The van der Waals surface area contributed by atoms with Crippen molar-refractivity contribution in [2.75, 3.05) is 35.8 Å². The van der Waals surface area contributed by atoms with E-state index in [0.29, 0.717) is 34.1 Å². The normalized spacial score (nSPS) is 12.2. The highest BCUT2D eigenvalue weighted by molar-refractivity contribution is 7.98. The fourth-order valence-corrected chi connectivity index (χ4v) is 4.41. The Kier molecular flexibility index (Phi) is 11.5. The predicted molar refractivity (Wildman–Crippen MR) is 170 cm³/mol. The zero-order chi connectivity index (χ0) is 30.4. The lowest BCUT2D eigenvalue weighted by atomic mass is 10.0. The second-order valence-electron chi connectivity index (χ2n) is 9.15. The van der Waals surface area contributed by atoms with Crippen molar-refractivity contribution in [3.63, 3.8) is 0 Å². The molecule has 0 aliphatic carbocycles. The summed E-state index contributed by atoms with van der Waals surface area (Å²) in [5.41, 5.74) is 8.01. The fraction of sp³-hybridized carbons (Fsp3) is 0.152. The highest BCUT2D eigenvalue weighted by Gasteiger charge is 2.28. The number of nitrogens with two attached hydrogens (primary N) is 1. The van der Waals surface area contributed by atoms with Crippen LogP contribution >= 0.6 is 11.8 Å². The molecule has 0 saturated heterocycles. The van der Waals surface area contributed by atoms with E-state index in [1.165, 1.54) is 12.2 Å². The molecule has 4 aromatic rings. The van der Waals surface area contributed by atoms with Crippen molar-refractivity contribution >= 4 is 40.8 Å². The zero-order valence-corrected chi connectivity index (χ0v) is 24.3. The SMILES string of the molecule is CSc1ccc(NC(=O)O[C@@H](c2ccc(OCCO)cc2)[C@H](/C=C/C(=O)Nc2ccccc2N)Oc2ccccc2)cc1. The molecule has 43 heavy (non-hydrogen) atoms. The molecule has 0 fully saturated rings. The van der Waals surface area contributed by atoms with Gasteiger partial charge in [0.1, 0.15) is 18.1 Å². The van der Waals surface area contributed by atoms with E-state index in [1.807, 2.05) is 36.6 Å². The first kappa shape index (κ1) is 31.0. The van der Waals surface area contributed by atoms with E-state index in [2.05, 4.69) is 10.6 Å². The van der Waals surface area contributed by atoms with Gasteiger partial charge in [-0.15, -0.1) is 11.8 Å². The number of hydrogen-bond acceptors (Lipinski definition) is 8. The Morgan fingerprint density at radius 2 is 1.58 bits per heavy atom. The molecule has 0 radical (unpaired) electrons. The molecule has 0 saturated carbocycles. The first-order valence-electron chi connectivity index (χ1n) is 13.5. The van der Waals surface area contributed by atoms with Crippen LogP contribution in [0.1, 0.15) is 11.7 Å². The van der Waals surface area contributed by atoms with Gasteiger partial charge in [0.15, 0.2) is 12.2 Å². The van der Waals surface area contributed by atoms with Crippen molar-refractivity contribution in [2.24, 2.45) is 0 Å². The van der Waals surface area contributed by atoms with Gasteiger partial charge >= 0.3 is 6.09 Å².